The largest absolute Gasteiger partial charge is 0.351 e. The molecule has 0 spiro atoms. The minimum atomic E-state index is 0.213. The number of carbonyl (C=O) groups excluding carboxylic acids is 1. The Labute approximate surface area is 137 Å². The molecule has 0 radical (unpaired) electrons. The zero-order valence-electron chi connectivity index (χ0n) is 14.0. The molecule has 0 aliphatic carbocycles. The van der Waals surface area contributed by atoms with Crippen molar-refractivity contribution in [2.75, 3.05) is 20.1 Å². The summed E-state index contributed by atoms with van der Waals surface area (Å²) in [6.07, 6.45) is 6.79. The fraction of sp³-hybridized carbons (Fsp3) is 0.526. The van der Waals surface area contributed by atoms with Crippen molar-refractivity contribution in [2.24, 2.45) is 7.05 Å². The Morgan fingerprint density at radius 3 is 2.61 bits per heavy atom. The summed E-state index contributed by atoms with van der Waals surface area (Å²) >= 11 is 0. The monoisotopic (exact) mass is 311 g/mol. The van der Waals surface area contributed by atoms with E-state index in [0.717, 1.165) is 42.4 Å². The lowest BCUT2D eigenvalue weighted by atomic mass is 10.0. The summed E-state index contributed by atoms with van der Waals surface area (Å²) in [6.45, 7) is 2.06. The molecule has 2 saturated heterocycles. The molecule has 4 rings (SSSR count). The second-order valence-corrected chi connectivity index (χ2v) is 7.06. The summed E-state index contributed by atoms with van der Waals surface area (Å²) < 4.78 is 2.08. The summed E-state index contributed by atoms with van der Waals surface area (Å²) in [5.41, 5.74) is 1.99. The molecule has 2 atom stereocenters. The molecule has 0 N–H and O–H groups in total. The molecule has 122 valence electrons. The molecule has 23 heavy (non-hydrogen) atoms. The molecule has 2 aromatic rings. The van der Waals surface area contributed by atoms with E-state index in [0.29, 0.717) is 12.1 Å². The lowest BCUT2D eigenvalue weighted by Crippen LogP contribution is -2.47. The van der Waals surface area contributed by atoms with Crippen LogP contribution < -0.4 is 0 Å². The zero-order valence-corrected chi connectivity index (χ0v) is 14.0. The van der Waals surface area contributed by atoms with E-state index in [2.05, 4.69) is 33.5 Å². The number of likely N-dealkylation sites (tertiary alicyclic amines) is 2. The number of hydrogen-bond donors (Lipinski definition) is 0. The van der Waals surface area contributed by atoms with Crippen LogP contribution in [0.3, 0.4) is 0 Å². The highest BCUT2D eigenvalue weighted by molar-refractivity contribution is 6.06. The lowest BCUT2D eigenvalue weighted by molar-refractivity contribution is 0.0666. The quantitative estimate of drug-likeness (QED) is 0.853. The number of nitrogens with zero attached hydrogens (tertiary/aromatic N) is 3. The van der Waals surface area contributed by atoms with Gasteiger partial charge in [-0.25, -0.2) is 0 Å². The number of aromatic nitrogens is 1. The van der Waals surface area contributed by atoms with Gasteiger partial charge >= 0.3 is 0 Å². The molecular weight excluding hydrogens is 286 g/mol. The summed E-state index contributed by atoms with van der Waals surface area (Å²) in [6, 6.07) is 9.06. The van der Waals surface area contributed by atoms with E-state index in [1.165, 1.54) is 12.8 Å². The van der Waals surface area contributed by atoms with Crippen molar-refractivity contribution >= 4 is 16.8 Å². The molecule has 2 aliphatic rings. The van der Waals surface area contributed by atoms with Gasteiger partial charge in [-0.05, 0) is 57.5 Å². The minimum Gasteiger partial charge on any atom is -0.351 e. The maximum Gasteiger partial charge on any atom is 0.254 e. The van der Waals surface area contributed by atoms with E-state index in [1.807, 2.05) is 25.4 Å². The molecule has 4 nitrogen and oxygen atoms in total. The van der Waals surface area contributed by atoms with Crippen LogP contribution in [0, 0.1) is 0 Å². The van der Waals surface area contributed by atoms with E-state index < -0.39 is 0 Å². The van der Waals surface area contributed by atoms with Gasteiger partial charge in [0.25, 0.3) is 5.91 Å². The zero-order chi connectivity index (χ0) is 16.0. The summed E-state index contributed by atoms with van der Waals surface area (Å²) in [5, 5.41) is 1.07. The first-order valence-electron chi connectivity index (χ1n) is 8.72. The van der Waals surface area contributed by atoms with Gasteiger partial charge in [0.15, 0.2) is 0 Å². The number of likely N-dealkylation sites (N-methyl/N-ethyl adjacent to an activating group) is 1. The van der Waals surface area contributed by atoms with Crippen molar-refractivity contribution in [1.82, 2.24) is 14.4 Å². The highest BCUT2D eigenvalue weighted by atomic mass is 16.2. The third-order valence-corrected chi connectivity index (χ3v) is 5.74. The van der Waals surface area contributed by atoms with Crippen LogP contribution in [0.1, 0.15) is 36.0 Å². The van der Waals surface area contributed by atoms with Crippen LogP contribution >= 0.6 is 0 Å². The molecule has 1 aromatic heterocycles. The van der Waals surface area contributed by atoms with Crippen molar-refractivity contribution in [3.05, 3.63) is 36.0 Å². The van der Waals surface area contributed by atoms with E-state index in [-0.39, 0.29) is 5.91 Å². The molecule has 4 heteroatoms. The van der Waals surface area contributed by atoms with Gasteiger partial charge in [-0.1, -0.05) is 6.07 Å². The molecule has 1 amide bonds. The highest BCUT2D eigenvalue weighted by Gasteiger charge is 2.38. The number of aryl methyl sites for hydroxylation is 1. The lowest BCUT2D eigenvalue weighted by Gasteiger charge is -2.33. The number of fused-ring (bicyclic) bond motifs is 1. The molecule has 2 aliphatic heterocycles. The number of hydrogen-bond acceptors (Lipinski definition) is 2. The maximum absolute atomic E-state index is 13.2. The van der Waals surface area contributed by atoms with Gasteiger partial charge in [0.2, 0.25) is 0 Å². The van der Waals surface area contributed by atoms with Crippen molar-refractivity contribution < 1.29 is 4.79 Å². The second kappa shape index (κ2) is 5.68. The Kier molecular flexibility index (Phi) is 3.64. The summed E-state index contributed by atoms with van der Waals surface area (Å²) in [7, 11) is 4.24. The first kappa shape index (κ1) is 14.8. The smallest absolute Gasteiger partial charge is 0.254 e. The Bertz CT molecular complexity index is 735. The van der Waals surface area contributed by atoms with Gasteiger partial charge in [0.1, 0.15) is 0 Å². The molecule has 3 heterocycles. The van der Waals surface area contributed by atoms with Crippen LogP contribution in [0.2, 0.25) is 0 Å². The van der Waals surface area contributed by atoms with E-state index in [9.17, 15) is 4.79 Å². The fourth-order valence-corrected chi connectivity index (χ4v) is 4.51. The number of amides is 1. The van der Waals surface area contributed by atoms with Crippen LogP contribution in [0.4, 0.5) is 0 Å². The third kappa shape index (κ3) is 2.36. The Balaban J connectivity index is 1.67. The Morgan fingerprint density at radius 2 is 1.83 bits per heavy atom. The summed E-state index contributed by atoms with van der Waals surface area (Å²) in [4.78, 5) is 17.8. The fourth-order valence-electron chi connectivity index (χ4n) is 4.51. The first-order valence-corrected chi connectivity index (χ1v) is 8.72. The van der Waals surface area contributed by atoms with E-state index in [1.54, 1.807) is 0 Å². The second-order valence-electron chi connectivity index (χ2n) is 7.06. The van der Waals surface area contributed by atoms with Crippen molar-refractivity contribution in [1.29, 1.82) is 0 Å². The molecule has 0 saturated carbocycles. The van der Waals surface area contributed by atoms with Gasteiger partial charge in [-0.2, -0.15) is 0 Å². The molecule has 0 bridgehead atoms. The average Bonchev–Trinajstić information content (AvgIpc) is 3.26. The van der Waals surface area contributed by atoms with Gasteiger partial charge in [0.05, 0.1) is 0 Å². The van der Waals surface area contributed by atoms with Gasteiger partial charge < -0.3 is 14.4 Å². The molecular formula is C19H25N3O. The Morgan fingerprint density at radius 1 is 1.04 bits per heavy atom. The van der Waals surface area contributed by atoms with E-state index in [4.69, 9.17) is 0 Å². The number of carbonyl (C=O) groups is 1. The maximum atomic E-state index is 13.2. The van der Waals surface area contributed by atoms with Crippen molar-refractivity contribution in [3.63, 3.8) is 0 Å². The normalized spacial score (nSPS) is 25.6. The van der Waals surface area contributed by atoms with Crippen LogP contribution in [0.5, 0.6) is 0 Å². The van der Waals surface area contributed by atoms with E-state index >= 15 is 0 Å². The third-order valence-electron chi connectivity index (χ3n) is 5.74. The predicted molar refractivity (Wildman–Crippen MR) is 92.6 cm³/mol. The first-order chi connectivity index (χ1) is 11.2. The SMILES string of the molecule is CN1CCC[C@H]1[C@H]1CCCN1C(=O)c1cccc2c1ccn2C. The van der Waals surface area contributed by atoms with Crippen molar-refractivity contribution in [2.45, 2.75) is 37.8 Å². The van der Waals surface area contributed by atoms with Crippen molar-refractivity contribution in [3.8, 4) is 0 Å². The van der Waals surface area contributed by atoms with Crippen LogP contribution in [0.25, 0.3) is 10.9 Å². The number of benzene rings is 1. The predicted octanol–water partition coefficient (Wildman–Crippen LogP) is 2.88. The van der Waals surface area contributed by atoms with Gasteiger partial charge in [-0.15, -0.1) is 0 Å². The molecule has 0 unspecified atom stereocenters. The van der Waals surface area contributed by atoms with Gasteiger partial charge in [-0.3, -0.25) is 4.79 Å². The van der Waals surface area contributed by atoms with Gasteiger partial charge in [0, 0.05) is 48.3 Å². The molecule has 1 aromatic carbocycles. The Hall–Kier alpha value is -1.81. The van der Waals surface area contributed by atoms with Crippen LogP contribution in [0.15, 0.2) is 30.5 Å². The summed E-state index contributed by atoms with van der Waals surface area (Å²) in [5.74, 6) is 0.213. The molecule has 2 fully saturated rings. The standard InChI is InChI=1S/C19H25N3O/c1-20-11-4-8-17(20)18-9-5-12-22(18)19(23)15-6-3-7-16-14(15)10-13-21(16)2/h3,6-7,10,13,17-18H,4-5,8-9,11-12H2,1-2H3/t17-,18+/m0/s1. The minimum absolute atomic E-state index is 0.213. The average molecular weight is 311 g/mol. The van der Waals surface area contributed by atoms with Crippen LogP contribution in [-0.4, -0.2) is 52.5 Å². The highest BCUT2D eigenvalue weighted by Crippen LogP contribution is 2.31. The topological polar surface area (TPSA) is 28.5 Å². The van der Waals surface area contributed by atoms with Crippen LogP contribution in [-0.2, 0) is 7.05 Å². The number of rotatable bonds is 2.